The molecule has 0 amide bonds. The van der Waals surface area contributed by atoms with E-state index >= 15 is 0 Å². The zero-order valence-electron chi connectivity index (χ0n) is 8.89. The molecule has 1 N–H and O–H groups in total. The Hall–Kier alpha value is -1.68. The lowest BCUT2D eigenvalue weighted by Crippen LogP contribution is -2.13. The molecule has 1 aliphatic carbocycles. The average molecular weight is 215 g/mol. The van der Waals surface area contributed by atoms with Crippen LogP contribution in [0.2, 0.25) is 0 Å². The van der Waals surface area contributed by atoms with Crippen molar-refractivity contribution in [2.75, 3.05) is 0 Å². The highest BCUT2D eigenvalue weighted by Gasteiger charge is 2.49. The first-order valence-electron chi connectivity index (χ1n) is 5.43. The minimum Gasteiger partial charge on any atom is -0.362 e. The van der Waals surface area contributed by atoms with E-state index in [1.54, 1.807) is 6.33 Å². The molecule has 0 aliphatic heterocycles. The van der Waals surface area contributed by atoms with Crippen LogP contribution in [0.3, 0.4) is 0 Å². The van der Waals surface area contributed by atoms with Gasteiger partial charge in [-0.25, -0.2) is 4.98 Å². The van der Waals surface area contributed by atoms with Gasteiger partial charge >= 0.3 is 0 Å². The molecule has 0 radical (unpaired) electrons. The molecule has 4 nitrogen and oxygen atoms in total. The van der Waals surface area contributed by atoms with Gasteiger partial charge in [-0.2, -0.15) is 5.10 Å². The van der Waals surface area contributed by atoms with E-state index in [4.69, 9.17) is 4.74 Å². The lowest BCUT2D eigenvalue weighted by Gasteiger charge is -2.12. The third-order valence-corrected chi connectivity index (χ3v) is 2.88. The molecular weight excluding hydrogens is 202 g/mol. The van der Waals surface area contributed by atoms with E-state index in [0.29, 0.717) is 6.61 Å². The van der Waals surface area contributed by atoms with E-state index in [0.717, 1.165) is 18.7 Å². The van der Waals surface area contributed by atoms with Crippen LogP contribution in [-0.4, -0.2) is 15.2 Å². The van der Waals surface area contributed by atoms with Crippen LogP contribution in [0.5, 0.6) is 0 Å². The van der Waals surface area contributed by atoms with E-state index < -0.39 is 0 Å². The van der Waals surface area contributed by atoms with Gasteiger partial charge in [0.2, 0.25) is 0 Å². The third-order valence-electron chi connectivity index (χ3n) is 2.88. The molecule has 4 heteroatoms. The Morgan fingerprint density at radius 3 is 2.69 bits per heavy atom. The summed E-state index contributed by atoms with van der Waals surface area (Å²) in [6, 6.07) is 10.2. The second-order valence-electron chi connectivity index (χ2n) is 4.09. The Kier molecular flexibility index (Phi) is 2.22. The number of nitrogens with zero attached hydrogens (tertiary/aromatic N) is 2. The number of aromatic nitrogens is 3. The lowest BCUT2D eigenvalue weighted by atomic mass is 10.2. The van der Waals surface area contributed by atoms with Gasteiger partial charge in [0.25, 0.3) is 0 Å². The first-order valence-corrected chi connectivity index (χ1v) is 5.43. The minimum absolute atomic E-state index is 0.226. The van der Waals surface area contributed by atoms with Crippen LogP contribution in [-0.2, 0) is 16.9 Å². The SMILES string of the molecule is c1ccc(COC2(c3nc[nH]n3)CC2)cc1. The summed E-state index contributed by atoms with van der Waals surface area (Å²) in [7, 11) is 0. The number of benzene rings is 1. The predicted octanol–water partition coefficient (Wildman–Crippen LogP) is 2.01. The molecule has 0 bridgehead atoms. The summed E-state index contributed by atoms with van der Waals surface area (Å²) in [5.74, 6) is 0.781. The molecule has 0 saturated heterocycles. The van der Waals surface area contributed by atoms with Crippen molar-refractivity contribution in [1.29, 1.82) is 0 Å². The number of rotatable bonds is 4. The molecule has 1 aliphatic rings. The van der Waals surface area contributed by atoms with Crippen LogP contribution >= 0.6 is 0 Å². The van der Waals surface area contributed by atoms with Crippen LogP contribution in [0.1, 0.15) is 24.2 Å². The van der Waals surface area contributed by atoms with E-state index in [2.05, 4.69) is 27.3 Å². The van der Waals surface area contributed by atoms with Crippen molar-refractivity contribution >= 4 is 0 Å². The molecular formula is C12H13N3O. The van der Waals surface area contributed by atoms with Gasteiger partial charge in [-0.1, -0.05) is 30.3 Å². The van der Waals surface area contributed by atoms with E-state index in [1.807, 2.05) is 18.2 Å². The lowest BCUT2D eigenvalue weighted by molar-refractivity contribution is 0.0113. The standard InChI is InChI=1S/C12H13N3O/c1-2-4-10(5-3-1)8-16-12(6-7-12)11-13-9-14-15-11/h1-5,9H,6-8H2,(H,13,14,15). The summed E-state index contributed by atoms with van der Waals surface area (Å²) in [4.78, 5) is 4.17. The number of hydrogen-bond acceptors (Lipinski definition) is 3. The van der Waals surface area contributed by atoms with Gasteiger partial charge in [0.05, 0.1) is 6.61 Å². The van der Waals surface area contributed by atoms with Crippen LogP contribution < -0.4 is 0 Å². The Bertz CT molecular complexity index is 448. The summed E-state index contributed by atoms with van der Waals surface area (Å²) in [6.07, 6.45) is 3.62. The van der Waals surface area contributed by atoms with E-state index in [1.165, 1.54) is 5.56 Å². The Morgan fingerprint density at radius 1 is 1.25 bits per heavy atom. The molecule has 1 aromatic heterocycles. The van der Waals surface area contributed by atoms with Crippen LogP contribution in [0, 0.1) is 0 Å². The van der Waals surface area contributed by atoms with E-state index in [9.17, 15) is 0 Å². The monoisotopic (exact) mass is 215 g/mol. The van der Waals surface area contributed by atoms with Crippen molar-refractivity contribution in [2.45, 2.75) is 25.0 Å². The van der Waals surface area contributed by atoms with Crippen LogP contribution in [0.25, 0.3) is 0 Å². The molecule has 1 aromatic carbocycles. The van der Waals surface area contributed by atoms with Crippen molar-refractivity contribution in [1.82, 2.24) is 15.2 Å². The average Bonchev–Trinajstić information content (AvgIpc) is 2.92. The fraction of sp³-hybridized carbons (Fsp3) is 0.333. The number of H-pyrrole nitrogens is 1. The highest BCUT2D eigenvalue weighted by atomic mass is 16.5. The molecule has 1 saturated carbocycles. The van der Waals surface area contributed by atoms with Crippen molar-refractivity contribution < 1.29 is 4.74 Å². The van der Waals surface area contributed by atoms with Crippen molar-refractivity contribution in [3.8, 4) is 0 Å². The second-order valence-corrected chi connectivity index (χ2v) is 4.09. The Balaban J connectivity index is 1.68. The second kappa shape index (κ2) is 3.72. The molecule has 0 spiro atoms. The maximum Gasteiger partial charge on any atom is 0.182 e. The summed E-state index contributed by atoms with van der Waals surface area (Å²) >= 11 is 0. The van der Waals surface area contributed by atoms with Crippen LogP contribution in [0.4, 0.5) is 0 Å². The van der Waals surface area contributed by atoms with Gasteiger partial charge in [-0.05, 0) is 18.4 Å². The van der Waals surface area contributed by atoms with Gasteiger partial charge < -0.3 is 4.74 Å². The molecule has 82 valence electrons. The topological polar surface area (TPSA) is 50.8 Å². The Morgan fingerprint density at radius 2 is 2.06 bits per heavy atom. The van der Waals surface area contributed by atoms with Crippen molar-refractivity contribution in [2.24, 2.45) is 0 Å². The van der Waals surface area contributed by atoms with Crippen molar-refractivity contribution in [3.63, 3.8) is 0 Å². The van der Waals surface area contributed by atoms with Gasteiger partial charge in [-0.15, -0.1) is 0 Å². The van der Waals surface area contributed by atoms with E-state index in [-0.39, 0.29) is 5.60 Å². The van der Waals surface area contributed by atoms with Gasteiger partial charge in [-0.3, -0.25) is 5.10 Å². The molecule has 0 unspecified atom stereocenters. The Labute approximate surface area is 93.7 Å². The quantitative estimate of drug-likeness (QED) is 0.848. The fourth-order valence-corrected chi connectivity index (χ4v) is 1.77. The number of aromatic amines is 1. The van der Waals surface area contributed by atoms with Crippen molar-refractivity contribution in [3.05, 3.63) is 48.0 Å². The first-order chi connectivity index (χ1) is 7.89. The minimum atomic E-state index is -0.226. The highest BCUT2D eigenvalue weighted by Crippen LogP contribution is 2.47. The normalized spacial score (nSPS) is 17.2. The highest BCUT2D eigenvalue weighted by molar-refractivity contribution is 5.15. The molecule has 1 fully saturated rings. The zero-order chi connectivity index (χ0) is 10.8. The van der Waals surface area contributed by atoms with Gasteiger partial charge in [0.15, 0.2) is 5.82 Å². The first kappa shape index (κ1) is 9.54. The third kappa shape index (κ3) is 1.72. The van der Waals surface area contributed by atoms with Gasteiger partial charge in [0.1, 0.15) is 11.9 Å². The number of nitrogens with one attached hydrogen (secondary N) is 1. The molecule has 0 atom stereocenters. The smallest absolute Gasteiger partial charge is 0.182 e. The summed E-state index contributed by atoms with van der Waals surface area (Å²) < 4.78 is 5.93. The summed E-state index contributed by atoms with van der Waals surface area (Å²) in [5.41, 5.74) is 0.958. The molecule has 3 rings (SSSR count). The number of hydrogen-bond donors (Lipinski definition) is 1. The fourth-order valence-electron chi connectivity index (χ4n) is 1.77. The number of ether oxygens (including phenoxy) is 1. The molecule has 16 heavy (non-hydrogen) atoms. The zero-order valence-corrected chi connectivity index (χ0v) is 8.89. The van der Waals surface area contributed by atoms with Crippen LogP contribution in [0.15, 0.2) is 36.7 Å². The van der Waals surface area contributed by atoms with Gasteiger partial charge in [0, 0.05) is 0 Å². The summed E-state index contributed by atoms with van der Waals surface area (Å²) in [5, 5.41) is 6.83. The maximum atomic E-state index is 5.93. The maximum absolute atomic E-state index is 5.93. The predicted molar refractivity (Wildman–Crippen MR) is 58.5 cm³/mol. The molecule has 1 heterocycles. The summed E-state index contributed by atoms with van der Waals surface area (Å²) in [6.45, 7) is 0.620. The molecule has 2 aromatic rings. The largest absolute Gasteiger partial charge is 0.362 e.